The highest BCUT2D eigenvalue weighted by Crippen LogP contribution is 2.17. The first-order valence-corrected chi connectivity index (χ1v) is 12.3. The number of hydrogen-bond acceptors (Lipinski definition) is 4. The molecule has 1 aliphatic rings. The van der Waals surface area contributed by atoms with Gasteiger partial charge in [0.05, 0.1) is 4.90 Å². The summed E-state index contributed by atoms with van der Waals surface area (Å²) >= 11 is 0. The number of nitrogens with one attached hydrogen (secondary N) is 1. The topological polar surface area (TPSA) is 83.6 Å². The van der Waals surface area contributed by atoms with E-state index in [1.54, 1.807) is 29.2 Å². The zero-order valence-corrected chi connectivity index (χ0v) is 19.0. The van der Waals surface area contributed by atoms with Crippen LogP contribution in [0.3, 0.4) is 0 Å². The predicted molar refractivity (Wildman–Crippen MR) is 120 cm³/mol. The number of Topliss-reactive ketones (excluding diaryl/α,β-unsaturated/α-hetero) is 1. The maximum absolute atomic E-state index is 12.6. The summed E-state index contributed by atoms with van der Waals surface area (Å²) in [6, 6.07) is 14.1. The number of amides is 1. The zero-order chi connectivity index (χ0) is 22.4. The lowest BCUT2D eigenvalue weighted by Crippen LogP contribution is -2.46. The van der Waals surface area contributed by atoms with Gasteiger partial charge < -0.3 is 4.90 Å². The van der Waals surface area contributed by atoms with Crippen LogP contribution in [-0.2, 0) is 21.2 Å². The van der Waals surface area contributed by atoms with E-state index < -0.39 is 10.0 Å². The van der Waals surface area contributed by atoms with Crippen molar-refractivity contribution >= 4 is 21.7 Å². The summed E-state index contributed by atoms with van der Waals surface area (Å²) in [4.78, 5) is 26.8. The highest BCUT2D eigenvalue weighted by molar-refractivity contribution is 7.89. The lowest BCUT2D eigenvalue weighted by atomic mass is 10.0. The molecule has 0 atom stereocenters. The third-order valence-corrected chi connectivity index (χ3v) is 7.29. The number of likely N-dealkylation sites (tertiary alicyclic amines) is 1. The molecule has 1 saturated heterocycles. The maximum atomic E-state index is 12.6. The smallest absolute Gasteiger partial charge is 0.240 e. The molecule has 0 bridgehead atoms. The lowest BCUT2D eigenvalue weighted by molar-refractivity contribution is -0.132. The van der Waals surface area contributed by atoms with Crippen molar-refractivity contribution in [1.29, 1.82) is 0 Å². The van der Waals surface area contributed by atoms with Crippen LogP contribution in [0.4, 0.5) is 0 Å². The predicted octanol–water partition coefficient (Wildman–Crippen LogP) is 3.49. The molecule has 31 heavy (non-hydrogen) atoms. The first-order valence-electron chi connectivity index (χ1n) is 10.8. The molecule has 0 spiro atoms. The number of carbonyl (C=O) groups is 2. The quantitative estimate of drug-likeness (QED) is 0.635. The number of benzene rings is 2. The van der Waals surface area contributed by atoms with Crippen LogP contribution in [-0.4, -0.2) is 44.1 Å². The minimum absolute atomic E-state index is 0.0370. The van der Waals surface area contributed by atoms with Crippen LogP contribution in [0.25, 0.3) is 0 Å². The van der Waals surface area contributed by atoms with E-state index in [9.17, 15) is 18.0 Å². The van der Waals surface area contributed by atoms with Crippen molar-refractivity contribution in [3.63, 3.8) is 0 Å². The molecule has 0 aliphatic carbocycles. The number of ketones is 1. The number of carbonyl (C=O) groups excluding carboxylic acids is 2. The average Bonchev–Trinajstić information content (AvgIpc) is 2.78. The van der Waals surface area contributed by atoms with Gasteiger partial charge in [-0.1, -0.05) is 48.9 Å². The normalized spacial score (nSPS) is 15.1. The van der Waals surface area contributed by atoms with Gasteiger partial charge in [0.1, 0.15) is 0 Å². The molecule has 7 heteroatoms. The first kappa shape index (κ1) is 23.2. The fourth-order valence-corrected chi connectivity index (χ4v) is 5.01. The number of rotatable bonds is 8. The summed E-state index contributed by atoms with van der Waals surface area (Å²) in [5.74, 6) is -0.0954. The molecule has 0 saturated carbocycles. The molecule has 1 aliphatic heterocycles. The molecule has 0 aromatic heterocycles. The molecule has 6 nitrogen and oxygen atoms in total. The van der Waals surface area contributed by atoms with Crippen LogP contribution in [0.15, 0.2) is 53.4 Å². The Morgan fingerprint density at radius 3 is 2.16 bits per heavy atom. The number of hydrogen-bond donors (Lipinski definition) is 1. The number of piperidine rings is 1. The van der Waals surface area contributed by atoms with Crippen molar-refractivity contribution in [2.45, 2.75) is 56.9 Å². The van der Waals surface area contributed by atoms with Gasteiger partial charge in [-0.3, -0.25) is 9.59 Å². The second-order valence-corrected chi connectivity index (χ2v) is 9.78. The largest absolute Gasteiger partial charge is 0.343 e. The molecule has 0 unspecified atom stereocenters. The van der Waals surface area contributed by atoms with Crippen molar-refractivity contribution in [1.82, 2.24) is 9.62 Å². The van der Waals surface area contributed by atoms with E-state index in [0.29, 0.717) is 31.5 Å². The van der Waals surface area contributed by atoms with Crippen molar-refractivity contribution in [2.75, 3.05) is 13.1 Å². The fourth-order valence-electron chi connectivity index (χ4n) is 3.70. The molecular weight excluding hydrogens is 412 g/mol. The van der Waals surface area contributed by atoms with Gasteiger partial charge in [-0.15, -0.1) is 0 Å². The van der Waals surface area contributed by atoms with E-state index >= 15 is 0 Å². The number of sulfonamides is 1. The Balaban J connectivity index is 1.46. The maximum Gasteiger partial charge on any atom is 0.240 e. The van der Waals surface area contributed by atoms with Gasteiger partial charge in [0.2, 0.25) is 15.9 Å². The molecule has 1 N–H and O–H groups in total. The Morgan fingerprint density at radius 1 is 0.968 bits per heavy atom. The molecule has 1 amide bonds. The lowest BCUT2D eigenvalue weighted by Gasteiger charge is -2.32. The third kappa shape index (κ3) is 6.24. The zero-order valence-electron chi connectivity index (χ0n) is 18.1. The van der Waals surface area contributed by atoms with Crippen LogP contribution in [0, 0.1) is 6.92 Å². The summed E-state index contributed by atoms with van der Waals surface area (Å²) < 4.78 is 28.0. The number of aryl methyl sites for hydroxylation is 2. The summed E-state index contributed by atoms with van der Waals surface area (Å²) in [5, 5.41) is 0. The summed E-state index contributed by atoms with van der Waals surface area (Å²) in [7, 11) is -3.58. The van der Waals surface area contributed by atoms with E-state index in [-0.39, 0.29) is 35.5 Å². The number of nitrogens with zero attached hydrogens (tertiary/aromatic N) is 1. The van der Waals surface area contributed by atoms with Gasteiger partial charge in [0.25, 0.3) is 0 Å². The second kappa shape index (κ2) is 10.2. The Hall–Kier alpha value is -2.51. The highest BCUT2D eigenvalue weighted by Gasteiger charge is 2.27. The van der Waals surface area contributed by atoms with E-state index in [2.05, 4.69) is 4.72 Å². The van der Waals surface area contributed by atoms with Gasteiger partial charge in [-0.05, 0) is 43.9 Å². The highest BCUT2D eigenvalue weighted by atomic mass is 32.2. The van der Waals surface area contributed by atoms with Gasteiger partial charge >= 0.3 is 0 Å². The van der Waals surface area contributed by atoms with Crippen LogP contribution >= 0.6 is 0 Å². The van der Waals surface area contributed by atoms with Gasteiger partial charge in [0.15, 0.2) is 5.78 Å². The van der Waals surface area contributed by atoms with Crippen LogP contribution in [0.5, 0.6) is 0 Å². The van der Waals surface area contributed by atoms with Gasteiger partial charge in [-0.25, -0.2) is 13.1 Å². The Labute approximate surface area is 184 Å². The molecule has 3 rings (SSSR count). The SMILES string of the molecule is CCc1ccc(S(=O)(=O)NC2CCN(C(=O)CCC(=O)c3ccc(C)cc3)CC2)cc1. The minimum atomic E-state index is -3.58. The van der Waals surface area contributed by atoms with Gasteiger partial charge in [0, 0.05) is 37.5 Å². The van der Waals surface area contributed by atoms with Crippen LogP contribution < -0.4 is 4.72 Å². The van der Waals surface area contributed by atoms with E-state index in [1.807, 2.05) is 38.1 Å². The molecule has 2 aromatic carbocycles. The van der Waals surface area contributed by atoms with Crippen LogP contribution in [0.2, 0.25) is 0 Å². The summed E-state index contributed by atoms with van der Waals surface area (Å²) in [5.41, 5.74) is 2.80. The first-order chi connectivity index (χ1) is 14.8. The average molecular weight is 443 g/mol. The van der Waals surface area contributed by atoms with E-state index in [4.69, 9.17) is 0 Å². The minimum Gasteiger partial charge on any atom is -0.343 e. The van der Waals surface area contributed by atoms with Crippen molar-refractivity contribution in [3.8, 4) is 0 Å². The standard InChI is InChI=1S/C24H30N2O4S/c1-3-19-6-10-22(11-7-19)31(29,30)25-21-14-16-26(17-15-21)24(28)13-12-23(27)20-8-4-18(2)5-9-20/h4-11,21,25H,3,12-17H2,1-2H3. The van der Waals surface area contributed by atoms with E-state index in [0.717, 1.165) is 17.5 Å². The van der Waals surface area contributed by atoms with Crippen molar-refractivity contribution in [3.05, 3.63) is 65.2 Å². The van der Waals surface area contributed by atoms with Crippen molar-refractivity contribution in [2.24, 2.45) is 0 Å². The molecule has 1 heterocycles. The van der Waals surface area contributed by atoms with Crippen molar-refractivity contribution < 1.29 is 18.0 Å². The summed E-state index contributed by atoms with van der Waals surface area (Å²) in [6.45, 7) is 4.96. The van der Waals surface area contributed by atoms with Crippen LogP contribution in [0.1, 0.15) is 54.1 Å². The third-order valence-electron chi connectivity index (χ3n) is 5.75. The Kier molecular flexibility index (Phi) is 7.62. The second-order valence-electron chi connectivity index (χ2n) is 8.06. The Morgan fingerprint density at radius 2 is 1.58 bits per heavy atom. The molecule has 1 fully saturated rings. The van der Waals surface area contributed by atoms with E-state index in [1.165, 1.54) is 0 Å². The molecule has 166 valence electrons. The Bertz CT molecular complexity index is 1010. The monoisotopic (exact) mass is 442 g/mol. The molecule has 2 aromatic rings. The fraction of sp³-hybridized carbons (Fsp3) is 0.417. The summed E-state index contributed by atoms with van der Waals surface area (Å²) in [6.07, 6.45) is 2.33. The van der Waals surface area contributed by atoms with Gasteiger partial charge in [-0.2, -0.15) is 0 Å². The molecule has 0 radical (unpaired) electrons. The molecular formula is C24H30N2O4S.